The molecule has 24 heavy (non-hydrogen) atoms. The zero-order chi connectivity index (χ0) is 17.9. The number of amides is 1. The van der Waals surface area contributed by atoms with Crippen LogP contribution in [-0.2, 0) is 16.0 Å². The van der Waals surface area contributed by atoms with Crippen LogP contribution in [0.3, 0.4) is 0 Å². The molecule has 0 heterocycles. The van der Waals surface area contributed by atoms with Crippen LogP contribution in [0.5, 0.6) is 0 Å². The molecule has 1 amide bonds. The van der Waals surface area contributed by atoms with Gasteiger partial charge in [0.25, 0.3) is 0 Å². The molecule has 1 N–H and O–H groups in total. The van der Waals surface area contributed by atoms with E-state index in [4.69, 9.17) is 4.74 Å². The van der Waals surface area contributed by atoms with Crippen molar-refractivity contribution in [2.75, 3.05) is 33.3 Å². The minimum Gasteiger partial charge on any atom is -0.377 e. The summed E-state index contributed by atoms with van der Waals surface area (Å²) in [6, 6.07) is 10.3. The standard InChI is InChI=1S/C20H34N2O2/c1-16(2)19(15-18-9-7-6-8-10-18)20(23)22(5)13-11-21-12-14-24-17(3)4/h6-10,16-17,19,21H,11-15H2,1-5H3/t19-/m0/s1. The molecule has 136 valence electrons. The van der Waals surface area contributed by atoms with E-state index in [1.807, 2.05) is 44.0 Å². The number of hydrogen-bond donors (Lipinski definition) is 1. The van der Waals surface area contributed by atoms with Crippen LogP contribution in [0, 0.1) is 11.8 Å². The molecule has 0 aliphatic heterocycles. The maximum absolute atomic E-state index is 12.8. The highest BCUT2D eigenvalue weighted by molar-refractivity contribution is 5.79. The molecule has 0 radical (unpaired) electrons. The Balaban J connectivity index is 2.40. The summed E-state index contributed by atoms with van der Waals surface area (Å²) >= 11 is 0. The van der Waals surface area contributed by atoms with E-state index < -0.39 is 0 Å². The van der Waals surface area contributed by atoms with Crippen molar-refractivity contribution in [3.8, 4) is 0 Å². The van der Waals surface area contributed by atoms with Gasteiger partial charge in [0.2, 0.25) is 5.91 Å². The van der Waals surface area contributed by atoms with Crippen LogP contribution in [0.15, 0.2) is 30.3 Å². The lowest BCUT2D eigenvalue weighted by Crippen LogP contribution is -2.40. The molecule has 1 atom stereocenters. The van der Waals surface area contributed by atoms with Gasteiger partial charge in [-0.15, -0.1) is 0 Å². The molecule has 0 saturated heterocycles. The molecule has 4 nitrogen and oxygen atoms in total. The minimum absolute atomic E-state index is 0.0293. The molecule has 1 rings (SSSR count). The number of likely N-dealkylation sites (N-methyl/N-ethyl adjacent to an activating group) is 1. The van der Waals surface area contributed by atoms with Gasteiger partial charge < -0.3 is 15.0 Å². The minimum atomic E-state index is 0.0293. The molecule has 0 unspecified atom stereocenters. The molecule has 0 aliphatic carbocycles. The fourth-order valence-corrected chi connectivity index (χ4v) is 2.61. The Morgan fingerprint density at radius 2 is 1.79 bits per heavy atom. The molecular weight excluding hydrogens is 300 g/mol. The first-order chi connectivity index (χ1) is 11.4. The summed E-state index contributed by atoms with van der Waals surface area (Å²) < 4.78 is 5.49. The zero-order valence-corrected chi connectivity index (χ0v) is 15.9. The van der Waals surface area contributed by atoms with Crippen molar-refractivity contribution in [2.24, 2.45) is 11.8 Å². The van der Waals surface area contributed by atoms with Gasteiger partial charge in [-0.1, -0.05) is 44.2 Å². The molecular formula is C20H34N2O2. The topological polar surface area (TPSA) is 41.6 Å². The summed E-state index contributed by atoms with van der Waals surface area (Å²) in [6.45, 7) is 11.4. The van der Waals surface area contributed by atoms with E-state index in [1.54, 1.807) is 0 Å². The number of benzene rings is 1. The lowest BCUT2D eigenvalue weighted by molar-refractivity contribution is -0.135. The summed E-state index contributed by atoms with van der Waals surface area (Å²) in [5.41, 5.74) is 1.22. The Labute approximate surface area is 147 Å². The Morgan fingerprint density at radius 1 is 1.12 bits per heavy atom. The fourth-order valence-electron chi connectivity index (χ4n) is 2.61. The monoisotopic (exact) mass is 334 g/mol. The van der Waals surface area contributed by atoms with Crippen LogP contribution in [0.4, 0.5) is 0 Å². The molecule has 0 saturated carbocycles. The van der Waals surface area contributed by atoms with Crippen LogP contribution in [0.25, 0.3) is 0 Å². The summed E-state index contributed by atoms with van der Waals surface area (Å²) in [6.07, 6.45) is 1.07. The summed E-state index contributed by atoms with van der Waals surface area (Å²) in [5.74, 6) is 0.586. The average molecular weight is 335 g/mol. The maximum Gasteiger partial charge on any atom is 0.226 e. The third-order valence-corrected chi connectivity index (χ3v) is 4.15. The second-order valence-electron chi connectivity index (χ2n) is 6.97. The lowest BCUT2D eigenvalue weighted by atomic mass is 9.88. The predicted molar refractivity (Wildman–Crippen MR) is 100 cm³/mol. The Kier molecular flexibility index (Phi) is 9.65. The number of hydrogen-bond acceptors (Lipinski definition) is 3. The average Bonchev–Trinajstić information content (AvgIpc) is 2.55. The van der Waals surface area contributed by atoms with Crippen LogP contribution < -0.4 is 5.32 Å². The zero-order valence-electron chi connectivity index (χ0n) is 15.9. The highest BCUT2D eigenvalue weighted by atomic mass is 16.5. The fraction of sp³-hybridized carbons (Fsp3) is 0.650. The van der Waals surface area contributed by atoms with Crippen LogP contribution in [0.1, 0.15) is 33.3 Å². The highest BCUT2D eigenvalue weighted by Crippen LogP contribution is 2.19. The number of rotatable bonds is 11. The number of nitrogens with one attached hydrogen (secondary N) is 1. The molecule has 0 spiro atoms. The van der Waals surface area contributed by atoms with E-state index in [0.29, 0.717) is 12.5 Å². The third-order valence-electron chi connectivity index (χ3n) is 4.15. The van der Waals surface area contributed by atoms with E-state index in [-0.39, 0.29) is 17.9 Å². The van der Waals surface area contributed by atoms with Crippen molar-refractivity contribution < 1.29 is 9.53 Å². The van der Waals surface area contributed by atoms with Crippen molar-refractivity contribution in [3.63, 3.8) is 0 Å². The van der Waals surface area contributed by atoms with Crippen LogP contribution in [-0.4, -0.2) is 50.2 Å². The molecule has 0 fully saturated rings. The SMILES string of the molecule is CC(C)OCCNCCN(C)C(=O)[C@@H](Cc1ccccc1)C(C)C. The maximum atomic E-state index is 12.8. The van der Waals surface area contributed by atoms with Gasteiger partial charge in [0.1, 0.15) is 0 Å². The van der Waals surface area contributed by atoms with Gasteiger partial charge in [0.05, 0.1) is 12.7 Å². The summed E-state index contributed by atoms with van der Waals surface area (Å²) in [4.78, 5) is 14.6. The van der Waals surface area contributed by atoms with Gasteiger partial charge in [-0.2, -0.15) is 0 Å². The Hall–Kier alpha value is -1.39. The number of ether oxygens (including phenoxy) is 1. The van der Waals surface area contributed by atoms with Gasteiger partial charge in [0, 0.05) is 32.6 Å². The first kappa shape index (κ1) is 20.7. The quantitative estimate of drug-likeness (QED) is 0.633. The number of nitrogens with zero attached hydrogens (tertiary/aromatic N) is 1. The van der Waals surface area contributed by atoms with E-state index in [2.05, 4.69) is 31.3 Å². The normalized spacial score (nSPS) is 12.6. The largest absolute Gasteiger partial charge is 0.377 e. The van der Waals surface area contributed by atoms with E-state index in [0.717, 1.165) is 26.1 Å². The second kappa shape index (κ2) is 11.2. The number of carbonyl (C=O) groups is 1. The van der Waals surface area contributed by atoms with E-state index in [9.17, 15) is 4.79 Å². The molecule has 4 heteroatoms. The first-order valence-corrected chi connectivity index (χ1v) is 9.03. The summed E-state index contributed by atoms with van der Waals surface area (Å²) in [7, 11) is 1.90. The van der Waals surface area contributed by atoms with Crippen molar-refractivity contribution in [3.05, 3.63) is 35.9 Å². The Morgan fingerprint density at radius 3 is 2.38 bits per heavy atom. The van der Waals surface area contributed by atoms with Gasteiger partial charge in [-0.05, 0) is 31.7 Å². The van der Waals surface area contributed by atoms with E-state index >= 15 is 0 Å². The number of carbonyl (C=O) groups excluding carboxylic acids is 1. The van der Waals surface area contributed by atoms with Crippen LogP contribution in [0.2, 0.25) is 0 Å². The lowest BCUT2D eigenvalue weighted by Gasteiger charge is -2.26. The van der Waals surface area contributed by atoms with Crippen molar-refractivity contribution >= 4 is 5.91 Å². The van der Waals surface area contributed by atoms with Crippen molar-refractivity contribution in [1.82, 2.24) is 10.2 Å². The molecule has 1 aromatic rings. The first-order valence-electron chi connectivity index (χ1n) is 9.03. The van der Waals surface area contributed by atoms with Crippen molar-refractivity contribution in [2.45, 2.75) is 40.2 Å². The highest BCUT2D eigenvalue weighted by Gasteiger charge is 2.25. The van der Waals surface area contributed by atoms with E-state index in [1.165, 1.54) is 5.56 Å². The smallest absolute Gasteiger partial charge is 0.226 e. The van der Waals surface area contributed by atoms with Gasteiger partial charge in [0.15, 0.2) is 0 Å². The van der Waals surface area contributed by atoms with Gasteiger partial charge >= 0.3 is 0 Å². The van der Waals surface area contributed by atoms with Crippen LogP contribution >= 0.6 is 0 Å². The molecule has 0 bridgehead atoms. The third kappa shape index (κ3) is 7.93. The van der Waals surface area contributed by atoms with Gasteiger partial charge in [-0.3, -0.25) is 4.79 Å². The second-order valence-corrected chi connectivity index (χ2v) is 6.97. The Bertz CT molecular complexity index is 460. The van der Waals surface area contributed by atoms with Gasteiger partial charge in [-0.25, -0.2) is 0 Å². The molecule has 0 aliphatic rings. The molecule has 0 aromatic heterocycles. The molecule has 1 aromatic carbocycles. The summed E-state index contributed by atoms with van der Waals surface area (Å²) in [5, 5.41) is 3.33. The van der Waals surface area contributed by atoms with Crippen molar-refractivity contribution in [1.29, 1.82) is 0 Å². The predicted octanol–water partition coefficient (Wildman–Crippen LogP) is 2.97.